The van der Waals surface area contributed by atoms with Crippen molar-refractivity contribution < 1.29 is 5.11 Å². The third-order valence-corrected chi connectivity index (χ3v) is 3.31. The van der Waals surface area contributed by atoms with Crippen LogP contribution in [0.1, 0.15) is 36.9 Å². The molecule has 1 saturated carbocycles. The molecular weight excluding hydrogens is 188 g/mol. The summed E-state index contributed by atoms with van der Waals surface area (Å²) in [5.74, 6) is 0. The summed E-state index contributed by atoms with van der Waals surface area (Å²) < 4.78 is 0. The zero-order valence-corrected chi connectivity index (χ0v) is 9.11. The molecule has 0 amide bonds. The summed E-state index contributed by atoms with van der Waals surface area (Å²) in [6.45, 7) is 1.95. The first-order valence-electron chi connectivity index (χ1n) is 5.51. The largest absolute Gasteiger partial charge is 0.385 e. The molecule has 0 aliphatic heterocycles. The van der Waals surface area contributed by atoms with Crippen LogP contribution in [0.2, 0.25) is 0 Å². The first-order chi connectivity index (χ1) is 7.10. The molecule has 15 heavy (non-hydrogen) atoms. The van der Waals surface area contributed by atoms with Crippen molar-refractivity contribution in [3.05, 3.63) is 29.6 Å². The van der Waals surface area contributed by atoms with E-state index in [1.165, 1.54) is 0 Å². The van der Waals surface area contributed by atoms with Crippen LogP contribution in [-0.4, -0.2) is 16.1 Å². The average Bonchev–Trinajstić information content (AvgIpc) is 2.24. The minimum atomic E-state index is -0.698. The van der Waals surface area contributed by atoms with Gasteiger partial charge in [-0.1, -0.05) is 6.07 Å². The maximum absolute atomic E-state index is 10.5. The van der Waals surface area contributed by atoms with Crippen molar-refractivity contribution in [1.82, 2.24) is 4.98 Å². The van der Waals surface area contributed by atoms with Gasteiger partial charge in [0.15, 0.2) is 0 Å². The maximum Gasteiger partial charge on any atom is 0.0912 e. The fourth-order valence-corrected chi connectivity index (χ4v) is 2.15. The molecule has 0 aromatic carbocycles. The van der Waals surface area contributed by atoms with Crippen molar-refractivity contribution in [3.63, 3.8) is 0 Å². The molecule has 1 aromatic heterocycles. The molecule has 0 radical (unpaired) electrons. The van der Waals surface area contributed by atoms with Crippen LogP contribution in [0.25, 0.3) is 0 Å². The third kappa shape index (κ3) is 2.19. The van der Waals surface area contributed by atoms with Gasteiger partial charge in [0.1, 0.15) is 0 Å². The summed E-state index contributed by atoms with van der Waals surface area (Å²) in [7, 11) is 0. The summed E-state index contributed by atoms with van der Waals surface area (Å²) in [5.41, 5.74) is 7.05. The SMILES string of the molecule is Cc1ccc(C2(O)CCC(N)CC2)cn1. The van der Waals surface area contributed by atoms with E-state index >= 15 is 0 Å². The molecule has 3 nitrogen and oxygen atoms in total. The number of hydrogen-bond acceptors (Lipinski definition) is 3. The highest BCUT2D eigenvalue weighted by molar-refractivity contribution is 5.21. The molecule has 0 saturated heterocycles. The van der Waals surface area contributed by atoms with E-state index < -0.39 is 5.60 Å². The number of aromatic nitrogens is 1. The molecule has 1 fully saturated rings. The summed E-state index contributed by atoms with van der Waals surface area (Å²) >= 11 is 0. The lowest BCUT2D eigenvalue weighted by atomic mass is 9.78. The van der Waals surface area contributed by atoms with E-state index in [4.69, 9.17) is 5.73 Å². The highest BCUT2D eigenvalue weighted by Gasteiger charge is 2.33. The van der Waals surface area contributed by atoms with Crippen molar-refractivity contribution in [2.75, 3.05) is 0 Å². The first-order valence-corrected chi connectivity index (χ1v) is 5.51. The molecule has 82 valence electrons. The van der Waals surface area contributed by atoms with Crippen molar-refractivity contribution in [2.24, 2.45) is 5.73 Å². The molecular formula is C12H18N2O. The van der Waals surface area contributed by atoms with E-state index in [-0.39, 0.29) is 6.04 Å². The molecule has 1 heterocycles. The summed E-state index contributed by atoms with van der Waals surface area (Å²) in [6, 6.07) is 4.17. The van der Waals surface area contributed by atoms with Crippen LogP contribution in [0.4, 0.5) is 0 Å². The lowest BCUT2D eigenvalue weighted by Gasteiger charge is -2.34. The predicted molar refractivity (Wildman–Crippen MR) is 59.3 cm³/mol. The Morgan fingerprint density at radius 3 is 2.60 bits per heavy atom. The van der Waals surface area contributed by atoms with E-state index in [0.29, 0.717) is 0 Å². The van der Waals surface area contributed by atoms with Gasteiger partial charge < -0.3 is 10.8 Å². The number of pyridine rings is 1. The van der Waals surface area contributed by atoms with Crippen LogP contribution < -0.4 is 5.73 Å². The smallest absolute Gasteiger partial charge is 0.0912 e. The van der Waals surface area contributed by atoms with Gasteiger partial charge in [-0.2, -0.15) is 0 Å². The molecule has 2 rings (SSSR count). The normalized spacial score (nSPS) is 31.5. The fourth-order valence-electron chi connectivity index (χ4n) is 2.15. The number of aryl methyl sites for hydroxylation is 1. The van der Waals surface area contributed by atoms with Crippen LogP contribution in [0.3, 0.4) is 0 Å². The predicted octanol–water partition coefficient (Wildman–Crippen LogP) is 1.48. The quantitative estimate of drug-likeness (QED) is 0.731. The van der Waals surface area contributed by atoms with Crippen LogP contribution in [0, 0.1) is 6.92 Å². The van der Waals surface area contributed by atoms with Gasteiger partial charge in [-0.3, -0.25) is 4.98 Å². The van der Waals surface area contributed by atoms with Gasteiger partial charge in [0.05, 0.1) is 5.60 Å². The molecule has 0 bridgehead atoms. The Morgan fingerprint density at radius 2 is 2.07 bits per heavy atom. The van der Waals surface area contributed by atoms with Crippen LogP contribution >= 0.6 is 0 Å². The van der Waals surface area contributed by atoms with Crippen molar-refractivity contribution in [1.29, 1.82) is 0 Å². The number of rotatable bonds is 1. The Balaban J connectivity index is 2.18. The summed E-state index contributed by atoms with van der Waals surface area (Å²) in [6.07, 6.45) is 5.07. The second kappa shape index (κ2) is 3.91. The Labute approximate surface area is 90.3 Å². The highest BCUT2D eigenvalue weighted by Crippen LogP contribution is 2.36. The standard InChI is InChI=1S/C12H18N2O/c1-9-2-3-10(8-14-9)12(15)6-4-11(13)5-7-12/h2-3,8,11,15H,4-7,13H2,1H3. The monoisotopic (exact) mass is 206 g/mol. The zero-order chi connectivity index (χ0) is 10.9. The second-order valence-corrected chi connectivity index (χ2v) is 4.56. The maximum atomic E-state index is 10.5. The zero-order valence-electron chi connectivity index (χ0n) is 9.11. The Hall–Kier alpha value is -0.930. The van der Waals surface area contributed by atoms with Gasteiger partial charge in [0.2, 0.25) is 0 Å². The minimum absolute atomic E-state index is 0.253. The summed E-state index contributed by atoms with van der Waals surface area (Å²) in [4.78, 5) is 4.23. The average molecular weight is 206 g/mol. The Morgan fingerprint density at radius 1 is 1.40 bits per heavy atom. The van der Waals surface area contributed by atoms with E-state index in [0.717, 1.165) is 36.9 Å². The van der Waals surface area contributed by atoms with E-state index in [2.05, 4.69) is 4.98 Å². The highest BCUT2D eigenvalue weighted by atomic mass is 16.3. The number of aliphatic hydroxyl groups is 1. The van der Waals surface area contributed by atoms with Crippen molar-refractivity contribution in [2.45, 2.75) is 44.2 Å². The van der Waals surface area contributed by atoms with Crippen molar-refractivity contribution in [3.8, 4) is 0 Å². The van der Waals surface area contributed by atoms with Gasteiger partial charge in [-0.25, -0.2) is 0 Å². The molecule has 1 aliphatic carbocycles. The molecule has 3 N–H and O–H groups in total. The lowest BCUT2D eigenvalue weighted by Crippen LogP contribution is -2.36. The first kappa shape index (κ1) is 10.6. The number of hydrogen-bond donors (Lipinski definition) is 2. The molecule has 0 unspecified atom stereocenters. The molecule has 0 atom stereocenters. The fraction of sp³-hybridized carbons (Fsp3) is 0.583. The van der Waals surface area contributed by atoms with E-state index in [1.54, 1.807) is 6.20 Å². The van der Waals surface area contributed by atoms with E-state index in [1.807, 2.05) is 19.1 Å². The number of nitrogens with zero attached hydrogens (tertiary/aromatic N) is 1. The minimum Gasteiger partial charge on any atom is -0.385 e. The van der Waals surface area contributed by atoms with Crippen LogP contribution in [0.15, 0.2) is 18.3 Å². The number of nitrogens with two attached hydrogens (primary N) is 1. The Bertz CT molecular complexity index is 326. The van der Waals surface area contributed by atoms with E-state index in [9.17, 15) is 5.11 Å². The second-order valence-electron chi connectivity index (χ2n) is 4.56. The molecule has 3 heteroatoms. The van der Waals surface area contributed by atoms with Gasteiger partial charge >= 0.3 is 0 Å². The summed E-state index contributed by atoms with van der Waals surface area (Å²) in [5, 5.41) is 10.5. The van der Waals surface area contributed by atoms with Gasteiger partial charge in [0, 0.05) is 23.5 Å². The van der Waals surface area contributed by atoms with Gasteiger partial charge in [-0.05, 0) is 38.7 Å². The van der Waals surface area contributed by atoms with Crippen LogP contribution in [-0.2, 0) is 5.60 Å². The molecule has 0 spiro atoms. The molecule has 1 aromatic rings. The molecule has 1 aliphatic rings. The lowest BCUT2D eigenvalue weighted by molar-refractivity contribution is -0.00526. The topological polar surface area (TPSA) is 59.1 Å². The van der Waals surface area contributed by atoms with Crippen LogP contribution in [0.5, 0.6) is 0 Å². The third-order valence-electron chi connectivity index (χ3n) is 3.31. The van der Waals surface area contributed by atoms with Crippen molar-refractivity contribution >= 4 is 0 Å². The van der Waals surface area contributed by atoms with Gasteiger partial charge in [-0.15, -0.1) is 0 Å². The Kier molecular flexibility index (Phi) is 2.76. The van der Waals surface area contributed by atoms with Gasteiger partial charge in [0.25, 0.3) is 0 Å².